The Labute approximate surface area is 147 Å². The molecule has 0 aliphatic carbocycles. The number of thioether (sulfide) groups is 1. The zero-order valence-electron chi connectivity index (χ0n) is 14.3. The third kappa shape index (κ3) is 6.31. The second-order valence-electron chi connectivity index (χ2n) is 5.86. The Morgan fingerprint density at radius 3 is 2.83 bits per heavy atom. The van der Waals surface area contributed by atoms with Crippen molar-refractivity contribution in [3.63, 3.8) is 0 Å². The lowest BCUT2D eigenvalue weighted by atomic mass is 10.1. The topological polar surface area (TPSA) is 72.7 Å². The number of nitrogens with one attached hydrogen (secondary N) is 1. The minimum atomic E-state index is 0.0262. The maximum absolute atomic E-state index is 12.0. The number of unbranched alkanes of at least 4 members (excludes halogenated alkanes) is 2. The van der Waals surface area contributed by atoms with E-state index >= 15 is 0 Å². The molecule has 0 bridgehead atoms. The molecule has 1 N–H and O–H groups in total. The van der Waals surface area contributed by atoms with Crippen molar-refractivity contribution in [2.24, 2.45) is 0 Å². The molecule has 1 aromatic carbocycles. The molecule has 1 atom stereocenters. The highest BCUT2D eigenvalue weighted by Gasteiger charge is 2.12. The molecule has 0 spiro atoms. The predicted molar refractivity (Wildman–Crippen MR) is 95.8 cm³/mol. The number of carbonyl (C=O) groups excluding carboxylic acids is 1. The fourth-order valence-corrected chi connectivity index (χ4v) is 3.06. The van der Waals surface area contributed by atoms with Gasteiger partial charge in [-0.3, -0.25) is 4.79 Å². The summed E-state index contributed by atoms with van der Waals surface area (Å²) in [6.07, 6.45) is 4.58. The lowest BCUT2D eigenvalue weighted by molar-refractivity contribution is -0.119. The summed E-state index contributed by atoms with van der Waals surface area (Å²) in [4.78, 5) is 12.0. The van der Waals surface area contributed by atoms with Crippen LogP contribution in [0, 0.1) is 0 Å². The minimum Gasteiger partial charge on any atom is -0.353 e. The van der Waals surface area contributed by atoms with Gasteiger partial charge < -0.3 is 5.32 Å². The predicted octanol–water partition coefficient (Wildman–Crippen LogP) is 2.90. The van der Waals surface area contributed by atoms with Gasteiger partial charge in [-0.15, -0.1) is 5.10 Å². The second kappa shape index (κ2) is 10.1. The molecule has 1 aromatic heterocycles. The van der Waals surface area contributed by atoms with Crippen LogP contribution in [0.15, 0.2) is 35.5 Å². The Morgan fingerprint density at radius 1 is 1.29 bits per heavy atom. The molecule has 0 fully saturated rings. The summed E-state index contributed by atoms with van der Waals surface area (Å²) in [5.41, 5.74) is 1.13. The molecule has 0 saturated carbocycles. The van der Waals surface area contributed by atoms with E-state index in [1.54, 1.807) is 4.68 Å². The Kier molecular flexibility index (Phi) is 7.74. The number of hydrogen-bond acceptors (Lipinski definition) is 5. The molecule has 7 heteroatoms. The average molecular weight is 347 g/mol. The van der Waals surface area contributed by atoms with Crippen molar-refractivity contribution < 1.29 is 4.79 Å². The molecule has 0 aliphatic heterocycles. The van der Waals surface area contributed by atoms with E-state index in [2.05, 4.69) is 34.7 Å². The van der Waals surface area contributed by atoms with Gasteiger partial charge >= 0.3 is 0 Å². The zero-order valence-corrected chi connectivity index (χ0v) is 15.1. The van der Waals surface area contributed by atoms with Crippen LogP contribution in [0.4, 0.5) is 0 Å². The van der Waals surface area contributed by atoms with Crippen LogP contribution in [0.1, 0.15) is 45.1 Å². The van der Waals surface area contributed by atoms with Crippen LogP contribution in [0.25, 0.3) is 0 Å². The third-order valence-corrected chi connectivity index (χ3v) is 4.61. The van der Waals surface area contributed by atoms with Gasteiger partial charge in [0.05, 0.1) is 12.3 Å². The second-order valence-corrected chi connectivity index (χ2v) is 6.80. The van der Waals surface area contributed by atoms with Crippen LogP contribution in [0.3, 0.4) is 0 Å². The van der Waals surface area contributed by atoms with Crippen LogP contribution in [0.2, 0.25) is 0 Å². The SMILES string of the molecule is CCCCCC(C)NC(=O)CSc1nnnn1Cc1ccccc1. The lowest BCUT2D eigenvalue weighted by Gasteiger charge is -2.13. The van der Waals surface area contributed by atoms with E-state index in [9.17, 15) is 4.79 Å². The third-order valence-electron chi connectivity index (χ3n) is 3.65. The first kappa shape index (κ1) is 18.4. The summed E-state index contributed by atoms with van der Waals surface area (Å²) in [5, 5.41) is 15.4. The summed E-state index contributed by atoms with van der Waals surface area (Å²) in [6.45, 7) is 4.84. The van der Waals surface area contributed by atoms with Gasteiger partial charge in [0.15, 0.2) is 0 Å². The first-order chi connectivity index (χ1) is 11.7. The highest BCUT2D eigenvalue weighted by molar-refractivity contribution is 7.99. The Morgan fingerprint density at radius 2 is 2.08 bits per heavy atom. The van der Waals surface area contributed by atoms with Crippen LogP contribution in [-0.4, -0.2) is 37.9 Å². The number of nitrogens with zero attached hydrogens (tertiary/aromatic N) is 4. The lowest BCUT2D eigenvalue weighted by Crippen LogP contribution is -2.33. The number of benzene rings is 1. The molecule has 24 heavy (non-hydrogen) atoms. The molecule has 1 heterocycles. The van der Waals surface area contributed by atoms with Crippen molar-refractivity contribution in [2.75, 3.05) is 5.75 Å². The van der Waals surface area contributed by atoms with Crippen molar-refractivity contribution in [2.45, 2.75) is 57.3 Å². The van der Waals surface area contributed by atoms with E-state index in [1.807, 2.05) is 30.3 Å². The molecule has 2 rings (SSSR count). The van der Waals surface area contributed by atoms with Gasteiger partial charge in [-0.1, -0.05) is 68.3 Å². The highest BCUT2D eigenvalue weighted by Crippen LogP contribution is 2.15. The molecule has 130 valence electrons. The van der Waals surface area contributed by atoms with Crippen LogP contribution >= 0.6 is 11.8 Å². The Balaban J connectivity index is 1.78. The van der Waals surface area contributed by atoms with Gasteiger partial charge in [-0.2, -0.15) is 0 Å². The van der Waals surface area contributed by atoms with E-state index < -0.39 is 0 Å². The maximum Gasteiger partial charge on any atom is 0.230 e. The molecule has 0 aliphatic rings. The molecule has 1 amide bonds. The number of rotatable bonds is 10. The molecule has 6 nitrogen and oxygen atoms in total. The van der Waals surface area contributed by atoms with Crippen molar-refractivity contribution in [3.05, 3.63) is 35.9 Å². The van der Waals surface area contributed by atoms with Gasteiger partial charge in [-0.25, -0.2) is 4.68 Å². The van der Waals surface area contributed by atoms with Gasteiger partial charge in [0.2, 0.25) is 11.1 Å². The van der Waals surface area contributed by atoms with Gasteiger partial charge in [-0.05, 0) is 29.3 Å². The van der Waals surface area contributed by atoms with Gasteiger partial charge in [0, 0.05) is 6.04 Å². The molecule has 0 radical (unpaired) electrons. The number of hydrogen-bond donors (Lipinski definition) is 1. The molecule has 0 saturated heterocycles. The van der Waals surface area contributed by atoms with Gasteiger partial charge in [0.1, 0.15) is 0 Å². The summed E-state index contributed by atoms with van der Waals surface area (Å²) in [5.74, 6) is 0.353. The van der Waals surface area contributed by atoms with E-state index in [1.165, 1.54) is 24.6 Å². The fraction of sp³-hybridized carbons (Fsp3) is 0.529. The number of tetrazole rings is 1. The molecule has 1 unspecified atom stereocenters. The molecular formula is C17H25N5OS. The molecule has 2 aromatic rings. The van der Waals surface area contributed by atoms with Crippen LogP contribution in [-0.2, 0) is 11.3 Å². The van der Waals surface area contributed by atoms with Crippen LogP contribution in [0.5, 0.6) is 0 Å². The van der Waals surface area contributed by atoms with E-state index in [-0.39, 0.29) is 11.9 Å². The van der Waals surface area contributed by atoms with Crippen molar-refractivity contribution in [1.29, 1.82) is 0 Å². The van der Waals surface area contributed by atoms with Crippen molar-refractivity contribution in [1.82, 2.24) is 25.5 Å². The Bertz CT molecular complexity index is 616. The van der Waals surface area contributed by atoms with Crippen molar-refractivity contribution in [3.8, 4) is 0 Å². The Hall–Kier alpha value is -1.89. The van der Waals surface area contributed by atoms with Crippen molar-refractivity contribution >= 4 is 17.7 Å². The van der Waals surface area contributed by atoms with Gasteiger partial charge in [0.25, 0.3) is 0 Å². The largest absolute Gasteiger partial charge is 0.353 e. The number of carbonyl (C=O) groups is 1. The fourth-order valence-electron chi connectivity index (χ4n) is 2.37. The summed E-state index contributed by atoms with van der Waals surface area (Å²) in [7, 11) is 0. The number of aromatic nitrogens is 4. The first-order valence-electron chi connectivity index (χ1n) is 8.41. The first-order valence-corrected chi connectivity index (χ1v) is 9.40. The van der Waals surface area contributed by atoms with E-state index in [0.29, 0.717) is 17.5 Å². The maximum atomic E-state index is 12.0. The quantitative estimate of drug-likeness (QED) is 0.528. The standard InChI is InChI=1S/C17H25N5OS/c1-3-4-6-9-14(2)18-16(23)13-24-17-19-20-21-22(17)12-15-10-7-5-8-11-15/h5,7-8,10-11,14H,3-4,6,9,12-13H2,1-2H3,(H,18,23). The smallest absolute Gasteiger partial charge is 0.230 e. The zero-order chi connectivity index (χ0) is 17.2. The van der Waals surface area contributed by atoms with Crippen LogP contribution < -0.4 is 5.32 Å². The van der Waals surface area contributed by atoms with E-state index in [4.69, 9.17) is 0 Å². The highest BCUT2D eigenvalue weighted by atomic mass is 32.2. The summed E-state index contributed by atoms with van der Waals surface area (Å²) >= 11 is 1.37. The number of amides is 1. The monoisotopic (exact) mass is 347 g/mol. The average Bonchev–Trinajstić information content (AvgIpc) is 3.01. The summed E-state index contributed by atoms with van der Waals surface area (Å²) in [6, 6.07) is 10.2. The van der Waals surface area contributed by atoms with E-state index in [0.717, 1.165) is 18.4 Å². The minimum absolute atomic E-state index is 0.0262. The molecular weight excluding hydrogens is 322 g/mol. The summed E-state index contributed by atoms with van der Waals surface area (Å²) < 4.78 is 1.72. The normalized spacial score (nSPS) is 12.1.